The summed E-state index contributed by atoms with van der Waals surface area (Å²) in [4.78, 5) is 169. The Kier molecular flexibility index (Phi) is 31.5. The van der Waals surface area contributed by atoms with Crippen molar-refractivity contribution in [1.82, 2.24) is 55.6 Å². The molecule has 0 aromatic rings. The summed E-state index contributed by atoms with van der Waals surface area (Å²) in [5.74, 6) is -9.71. The van der Waals surface area contributed by atoms with Crippen LogP contribution in [0.5, 0.6) is 0 Å². The second-order valence-electron chi connectivity index (χ2n) is 26.1. The van der Waals surface area contributed by atoms with E-state index in [1.54, 1.807) is 54.5 Å². The molecule has 0 aromatic heterocycles. The Balaban J connectivity index is 4.32. The van der Waals surface area contributed by atoms with Gasteiger partial charge in [0.1, 0.15) is 60.4 Å². The Morgan fingerprint density at radius 3 is 1.32 bits per heavy atom. The molecule has 0 spiro atoms. The molecule has 1 aliphatic heterocycles. The van der Waals surface area contributed by atoms with Crippen LogP contribution in [0.4, 0.5) is 0 Å². The number of rotatable bonds is 15. The van der Waals surface area contributed by atoms with Gasteiger partial charge in [0.15, 0.2) is 0 Å². The van der Waals surface area contributed by atoms with E-state index < -0.39 is 156 Å². The quantitative estimate of drug-likeness (QED) is 0.148. The summed E-state index contributed by atoms with van der Waals surface area (Å²) in [5, 5.41) is 23.1. The predicted octanol–water partition coefficient (Wildman–Crippen LogP) is 3.27. The van der Waals surface area contributed by atoms with E-state index in [0.29, 0.717) is 6.42 Å². The third-order valence-electron chi connectivity index (χ3n) is 16.1. The Bertz CT molecular complexity index is 2330. The Morgan fingerprint density at radius 2 is 0.871 bits per heavy atom. The van der Waals surface area contributed by atoms with Gasteiger partial charge in [-0.15, -0.1) is 0 Å². The van der Waals surface area contributed by atoms with Gasteiger partial charge in [0, 0.05) is 49.3 Å². The van der Waals surface area contributed by atoms with Crippen LogP contribution >= 0.6 is 0 Å². The maximum absolute atomic E-state index is 15.1. The van der Waals surface area contributed by atoms with E-state index in [0.717, 1.165) is 9.80 Å². The van der Waals surface area contributed by atoms with Crippen LogP contribution in [0.2, 0.25) is 0 Å². The highest BCUT2D eigenvalue weighted by atomic mass is 16.3. The van der Waals surface area contributed by atoms with Crippen molar-refractivity contribution in [2.45, 2.75) is 223 Å². The molecule has 0 aromatic carbocycles. The lowest BCUT2D eigenvalue weighted by atomic mass is 9.91. The van der Waals surface area contributed by atoms with Crippen LogP contribution in [0.1, 0.15) is 156 Å². The van der Waals surface area contributed by atoms with Gasteiger partial charge in [-0.1, -0.05) is 109 Å². The number of hydrogen-bond acceptors (Lipinski definition) is 12. The van der Waals surface area contributed by atoms with E-state index in [2.05, 4.69) is 21.3 Å². The fraction of sp³-hybridized carbons (Fsp3) is 0.790. The second kappa shape index (κ2) is 34.9. The number of hydrogen-bond donors (Lipinski definition) is 5. The minimum absolute atomic E-state index is 0.0229. The number of nitrogens with zero attached hydrogens (tertiary/aromatic N) is 7. The number of nitrogens with one attached hydrogen (secondary N) is 4. The van der Waals surface area contributed by atoms with Crippen LogP contribution < -0.4 is 21.3 Å². The van der Waals surface area contributed by atoms with Crippen molar-refractivity contribution in [3.63, 3.8) is 0 Å². The molecule has 1 heterocycles. The molecule has 0 saturated carbocycles. The van der Waals surface area contributed by atoms with E-state index in [4.69, 9.17) is 0 Å². The molecule has 11 amide bonds. The first-order valence-electron chi connectivity index (χ1n) is 30.6. The first-order chi connectivity index (χ1) is 39.2. The number of carbonyl (C=O) groups is 11. The molecular weight excluding hydrogens is 1090 g/mol. The third-order valence-corrected chi connectivity index (χ3v) is 16.1. The fourth-order valence-corrected chi connectivity index (χ4v) is 10.7. The molecular formula is C62H111N11O12. The average molecular weight is 1200 g/mol. The Hall–Kier alpha value is -6.13. The maximum atomic E-state index is 15.1. The summed E-state index contributed by atoms with van der Waals surface area (Å²) >= 11 is 0. The SMILES string of the molecule is CC=CC[C@@H](C)[C@@H](O)[C@@H]1C(=O)N[C@@H](CC)C(=O)N(C)CC(=O)N(C)[C@H](CC(C)C)C(=O)N[C@@H](C(C)C)C(=O)N(C)[C@H](CC(C)C)C(=O)N[C@H](C)C(=O)N[C@H](C)C(=O)N(C)[C@H](CC(C)C)C(=O)N(C)[C@H](CC(C)C)C(=O)N(C)[C@H](C(C)C)C(=O)N1C. The van der Waals surface area contributed by atoms with Gasteiger partial charge in [0.05, 0.1) is 12.6 Å². The van der Waals surface area contributed by atoms with Crippen LogP contribution in [0.15, 0.2) is 12.2 Å². The van der Waals surface area contributed by atoms with E-state index in [-0.39, 0.29) is 55.8 Å². The zero-order chi connectivity index (χ0) is 66.0. The highest BCUT2D eigenvalue weighted by molar-refractivity contribution is 5.99. The zero-order valence-corrected chi connectivity index (χ0v) is 56.1. The van der Waals surface area contributed by atoms with Crippen molar-refractivity contribution in [2.75, 3.05) is 55.9 Å². The lowest BCUT2D eigenvalue weighted by Crippen LogP contribution is -2.63. The molecule has 85 heavy (non-hydrogen) atoms. The normalized spacial score (nSPS) is 26.9. The summed E-state index contributed by atoms with van der Waals surface area (Å²) in [6, 6.07) is -12.3. The molecule has 1 aliphatic rings. The van der Waals surface area contributed by atoms with E-state index in [1.807, 2.05) is 61.5 Å². The first-order valence-corrected chi connectivity index (χ1v) is 30.6. The molecule has 0 unspecified atom stereocenters. The monoisotopic (exact) mass is 1200 g/mol. The lowest BCUT2D eigenvalue weighted by molar-refractivity contribution is -0.157. The molecule has 0 radical (unpaired) electrons. The summed E-state index contributed by atoms with van der Waals surface area (Å²) in [7, 11) is 9.92. The molecule has 23 nitrogen and oxygen atoms in total. The van der Waals surface area contributed by atoms with Gasteiger partial charge in [-0.2, -0.15) is 0 Å². The lowest BCUT2D eigenvalue weighted by Gasteiger charge is -2.41. The van der Waals surface area contributed by atoms with Crippen molar-refractivity contribution in [3.05, 3.63) is 12.2 Å². The molecule has 0 aliphatic carbocycles. The minimum atomic E-state index is -1.61. The number of aliphatic hydroxyl groups excluding tert-OH is 1. The number of allylic oxidation sites excluding steroid dienone is 2. The van der Waals surface area contributed by atoms with Gasteiger partial charge in [0.2, 0.25) is 65.0 Å². The summed E-state index contributed by atoms with van der Waals surface area (Å²) in [5.41, 5.74) is 0. The van der Waals surface area contributed by atoms with Gasteiger partial charge in [0.25, 0.3) is 0 Å². The van der Waals surface area contributed by atoms with E-state index in [1.165, 1.54) is 87.7 Å². The molecule has 23 heteroatoms. The first kappa shape index (κ1) is 76.9. The maximum Gasteiger partial charge on any atom is 0.246 e. The molecule has 0 bridgehead atoms. The van der Waals surface area contributed by atoms with Crippen molar-refractivity contribution in [1.29, 1.82) is 0 Å². The van der Waals surface area contributed by atoms with Gasteiger partial charge >= 0.3 is 0 Å². The van der Waals surface area contributed by atoms with Gasteiger partial charge in [-0.05, 0) is 101 Å². The molecule has 486 valence electrons. The highest BCUT2D eigenvalue weighted by Crippen LogP contribution is 2.26. The van der Waals surface area contributed by atoms with Crippen LogP contribution in [-0.4, -0.2) is 227 Å². The summed E-state index contributed by atoms with van der Waals surface area (Å²) in [6.45, 7) is 29.3. The van der Waals surface area contributed by atoms with Crippen LogP contribution in [0.3, 0.4) is 0 Å². The summed E-state index contributed by atoms with van der Waals surface area (Å²) < 4.78 is 0. The van der Waals surface area contributed by atoms with Crippen LogP contribution in [0.25, 0.3) is 0 Å². The molecule has 1 saturated heterocycles. The highest BCUT2D eigenvalue weighted by Gasteiger charge is 2.45. The van der Waals surface area contributed by atoms with Crippen molar-refractivity contribution in [2.24, 2.45) is 41.4 Å². The van der Waals surface area contributed by atoms with Crippen molar-refractivity contribution in [3.8, 4) is 0 Å². The van der Waals surface area contributed by atoms with Gasteiger partial charge in [-0.3, -0.25) is 52.7 Å². The third kappa shape index (κ3) is 21.7. The van der Waals surface area contributed by atoms with Crippen molar-refractivity contribution >= 4 is 65.0 Å². The predicted molar refractivity (Wildman–Crippen MR) is 328 cm³/mol. The minimum Gasteiger partial charge on any atom is -0.390 e. The topological polar surface area (TPSA) is 279 Å². The largest absolute Gasteiger partial charge is 0.390 e. The van der Waals surface area contributed by atoms with E-state index in [9.17, 15) is 48.3 Å². The molecule has 1 rings (SSSR count). The number of likely N-dealkylation sites (N-methyl/N-ethyl adjacent to an activating group) is 7. The van der Waals surface area contributed by atoms with Crippen LogP contribution in [0, 0.1) is 41.4 Å². The smallest absolute Gasteiger partial charge is 0.246 e. The fourth-order valence-electron chi connectivity index (χ4n) is 10.7. The molecule has 5 N–H and O–H groups in total. The standard InChI is InChI=1S/C62H111N11O12/c1-25-27-28-40(15)52(75)51-56(79)65-43(26-2)58(81)67(18)33-48(74)68(19)44(29-34(3)4)55(78)66-49(38(11)12)61(84)69(20)45(30-35(5)6)54(77)63-41(16)53(76)64-42(17)57(80)70(21)46(31-36(7)8)59(82)71(22)47(32-37(9)10)60(83)72(23)50(39(13)14)62(85)73(51)24/h25,27,34-47,49-52,75H,26,28-33H2,1-24H3,(H,63,77)(H,64,76)(H,65,79)(H,66,78)/t40-,41-,42-,43+,44-,45-,46-,47-,49+,50-,51-,52-/m1/s1. The molecule has 12 atom stereocenters. The average Bonchev–Trinajstić information content (AvgIpc) is 3.62. The Morgan fingerprint density at radius 1 is 0.459 bits per heavy atom. The Labute approximate surface area is 508 Å². The van der Waals surface area contributed by atoms with Crippen molar-refractivity contribution < 1.29 is 57.8 Å². The number of amides is 11. The van der Waals surface area contributed by atoms with Gasteiger partial charge < -0.3 is 60.7 Å². The molecule has 1 fully saturated rings. The number of carbonyl (C=O) groups excluding carboxylic acids is 11. The number of aliphatic hydroxyl groups is 1. The zero-order valence-electron chi connectivity index (χ0n) is 56.1. The van der Waals surface area contributed by atoms with Gasteiger partial charge in [-0.25, -0.2) is 0 Å². The summed E-state index contributed by atoms with van der Waals surface area (Å²) in [6.07, 6.45) is 3.04. The second-order valence-corrected chi connectivity index (χ2v) is 26.1. The van der Waals surface area contributed by atoms with E-state index >= 15 is 9.59 Å². The van der Waals surface area contributed by atoms with Crippen LogP contribution in [-0.2, 0) is 52.7 Å².